The monoisotopic (exact) mass is 474 g/mol. The Balaban J connectivity index is 1.75. The lowest BCUT2D eigenvalue weighted by atomic mass is 9.77. The summed E-state index contributed by atoms with van der Waals surface area (Å²) in [5.41, 5.74) is -2.01. The molecule has 3 rings (SSSR count). The minimum absolute atomic E-state index is 0.282. The maximum atomic E-state index is 13.6. The first-order valence-corrected chi connectivity index (χ1v) is 11.1. The van der Waals surface area contributed by atoms with Gasteiger partial charge in [-0.2, -0.15) is 26.3 Å². The third-order valence-electron chi connectivity index (χ3n) is 6.30. The third kappa shape index (κ3) is 6.15. The smallest absolute Gasteiger partial charge is 0.420 e. The van der Waals surface area contributed by atoms with Gasteiger partial charge in [-0.05, 0) is 60.8 Å². The van der Waals surface area contributed by atoms with E-state index in [-0.39, 0.29) is 6.61 Å². The van der Waals surface area contributed by atoms with E-state index in [0.29, 0.717) is 11.5 Å². The Labute approximate surface area is 189 Å². The van der Waals surface area contributed by atoms with Gasteiger partial charge >= 0.3 is 12.4 Å². The van der Waals surface area contributed by atoms with Crippen LogP contribution in [0.3, 0.4) is 0 Å². The van der Waals surface area contributed by atoms with Crippen LogP contribution in [-0.4, -0.2) is 7.11 Å². The first-order chi connectivity index (χ1) is 15.5. The molecular weight excluding hydrogens is 446 g/mol. The van der Waals surface area contributed by atoms with Gasteiger partial charge in [0.05, 0.1) is 7.11 Å². The Morgan fingerprint density at radius 3 is 1.85 bits per heavy atom. The average molecular weight is 474 g/mol. The van der Waals surface area contributed by atoms with Gasteiger partial charge in [-0.3, -0.25) is 0 Å². The molecule has 0 N–H and O–H groups in total. The Hall–Kier alpha value is -2.38. The van der Waals surface area contributed by atoms with Crippen LogP contribution in [0.5, 0.6) is 11.5 Å². The zero-order valence-corrected chi connectivity index (χ0v) is 18.7. The van der Waals surface area contributed by atoms with Gasteiger partial charge in [-0.1, -0.05) is 44.0 Å². The van der Waals surface area contributed by atoms with Gasteiger partial charge in [-0.15, -0.1) is 0 Å². The lowest BCUT2D eigenvalue weighted by Gasteiger charge is -2.28. The quantitative estimate of drug-likeness (QED) is 0.375. The van der Waals surface area contributed by atoms with Crippen molar-refractivity contribution in [3.63, 3.8) is 0 Å². The summed E-state index contributed by atoms with van der Waals surface area (Å²) in [5.74, 6) is -0.539. The highest BCUT2D eigenvalue weighted by molar-refractivity contribution is 5.52. The molecule has 1 aliphatic rings. The maximum absolute atomic E-state index is 13.6. The zero-order chi connectivity index (χ0) is 24.2. The molecule has 0 spiro atoms. The first kappa shape index (κ1) is 25.2. The second-order valence-corrected chi connectivity index (χ2v) is 8.55. The van der Waals surface area contributed by atoms with Crippen molar-refractivity contribution in [3.8, 4) is 11.5 Å². The number of methoxy groups -OCH3 is 1. The van der Waals surface area contributed by atoms with Gasteiger partial charge in [0, 0.05) is 0 Å². The van der Waals surface area contributed by atoms with Gasteiger partial charge < -0.3 is 9.47 Å². The minimum atomic E-state index is -5.27. The van der Waals surface area contributed by atoms with Crippen LogP contribution in [0.15, 0.2) is 36.4 Å². The van der Waals surface area contributed by atoms with Crippen LogP contribution in [0, 0.1) is 5.92 Å². The first-order valence-electron chi connectivity index (χ1n) is 11.1. The molecule has 0 aliphatic heterocycles. The van der Waals surface area contributed by atoms with Crippen molar-refractivity contribution in [2.75, 3.05) is 7.11 Å². The number of hydrogen-bond donors (Lipinski definition) is 0. The van der Waals surface area contributed by atoms with E-state index in [2.05, 4.69) is 11.7 Å². The molecule has 0 amide bonds. The normalized spacial score (nSPS) is 19.4. The van der Waals surface area contributed by atoms with Crippen molar-refractivity contribution in [1.29, 1.82) is 0 Å². The number of alkyl halides is 6. The van der Waals surface area contributed by atoms with E-state index in [4.69, 9.17) is 4.74 Å². The number of halogens is 6. The van der Waals surface area contributed by atoms with Crippen LogP contribution >= 0.6 is 0 Å². The molecule has 0 saturated heterocycles. The van der Waals surface area contributed by atoms with Crippen LogP contribution in [0.1, 0.15) is 73.6 Å². The molecule has 0 bridgehead atoms. The van der Waals surface area contributed by atoms with E-state index in [0.717, 1.165) is 38.0 Å². The molecule has 0 aromatic heterocycles. The van der Waals surface area contributed by atoms with Crippen molar-refractivity contribution in [3.05, 3.63) is 58.7 Å². The van der Waals surface area contributed by atoms with Gasteiger partial charge in [0.2, 0.25) is 0 Å². The number of benzene rings is 2. The fourth-order valence-electron chi connectivity index (χ4n) is 4.66. The summed E-state index contributed by atoms with van der Waals surface area (Å²) in [7, 11) is 0.892. The molecule has 8 heteroatoms. The molecule has 0 atom stereocenters. The van der Waals surface area contributed by atoms with Crippen LogP contribution in [0.25, 0.3) is 0 Å². The summed E-state index contributed by atoms with van der Waals surface area (Å²) in [4.78, 5) is 0. The largest absolute Gasteiger partial charge is 0.496 e. The van der Waals surface area contributed by atoms with Crippen molar-refractivity contribution < 1.29 is 35.8 Å². The molecule has 0 heterocycles. The van der Waals surface area contributed by atoms with Gasteiger partial charge in [-0.25, -0.2) is 0 Å². The molecule has 0 unspecified atom stereocenters. The van der Waals surface area contributed by atoms with Gasteiger partial charge in [0.25, 0.3) is 0 Å². The van der Waals surface area contributed by atoms with Crippen molar-refractivity contribution in [2.24, 2.45) is 5.92 Å². The summed E-state index contributed by atoms with van der Waals surface area (Å²) < 4.78 is 90.8. The Bertz CT molecular complexity index is 910. The molecule has 1 aliphatic carbocycles. The van der Waals surface area contributed by atoms with Gasteiger partial charge in [0.15, 0.2) is 0 Å². The van der Waals surface area contributed by atoms with Gasteiger partial charge in [0.1, 0.15) is 29.2 Å². The molecule has 2 aromatic carbocycles. The third-order valence-corrected chi connectivity index (χ3v) is 6.30. The molecule has 1 fully saturated rings. The molecular formula is C25H28F6O2. The highest BCUT2D eigenvalue weighted by atomic mass is 19.4. The Kier molecular flexibility index (Phi) is 7.85. The van der Waals surface area contributed by atoms with E-state index >= 15 is 0 Å². The molecule has 0 radical (unpaired) electrons. The molecule has 2 nitrogen and oxygen atoms in total. The second-order valence-electron chi connectivity index (χ2n) is 8.55. The molecule has 33 heavy (non-hydrogen) atoms. The average Bonchev–Trinajstić information content (AvgIpc) is 2.77. The standard InChI is InChI=1S/C25H28F6O2/c1-3-4-16-5-9-18(10-6-16)19-11-7-17(8-12-19)15-33-21-14-13-20(32-2)22(24(26,27)28)23(21)25(29,30)31/h7-8,11-14,16,18H,3-6,9-10,15H2,1-2H3. The fourth-order valence-corrected chi connectivity index (χ4v) is 4.66. The van der Waals surface area contributed by atoms with Crippen LogP contribution in [-0.2, 0) is 19.0 Å². The van der Waals surface area contributed by atoms with Crippen LogP contribution in [0.4, 0.5) is 26.3 Å². The van der Waals surface area contributed by atoms with E-state index in [1.54, 1.807) is 12.1 Å². The number of rotatable bonds is 7. The molecule has 1 saturated carbocycles. The summed E-state index contributed by atoms with van der Waals surface area (Å²) >= 11 is 0. The van der Waals surface area contributed by atoms with Crippen molar-refractivity contribution in [1.82, 2.24) is 0 Å². The van der Waals surface area contributed by atoms with E-state index in [9.17, 15) is 26.3 Å². The summed E-state index contributed by atoms with van der Waals surface area (Å²) in [6.07, 6.45) is -3.46. The summed E-state index contributed by atoms with van der Waals surface area (Å²) in [6, 6.07) is 9.09. The Morgan fingerprint density at radius 2 is 1.33 bits per heavy atom. The predicted molar refractivity (Wildman–Crippen MR) is 113 cm³/mol. The SMILES string of the molecule is CCCC1CCC(c2ccc(COc3ccc(OC)c(C(F)(F)F)c3C(F)(F)F)cc2)CC1. The van der Waals surface area contributed by atoms with E-state index in [1.165, 1.54) is 31.2 Å². The van der Waals surface area contributed by atoms with E-state index < -0.39 is 35.0 Å². The predicted octanol–water partition coefficient (Wildman–Crippen LogP) is 8.39. The topological polar surface area (TPSA) is 18.5 Å². The summed E-state index contributed by atoms with van der Waals surface area (Å²) in [5, 5.41) is 0. The lowest BCUT2D eigenvalue weighted by Crippen LogP contribution is -2.19. The second kappa shape index (κ2) is 10.3. The number of hydrogen-bond acceptors (Lipinski definition) is 2. The fraction of sp³-hybridized carbons (Fsp3) is 0.520. The summed E-state index contributed by atoms with van der Waals surface area (Å²) in [6.45, 7) is 1.91. The zero-order valence-electron chi connectivity index (χ0n) is 18.7. The lowest BCUT2D eigenvalue weighted by molar-refractivity contribution is -0.164. The van der Waals surface area contributed by atoms with Crippen LogP contribution in [0.2, 0.25) is 0 Å². The highest BCUT2D eigenvalue weighted by Gasteiger charge is 2.48. The Morgan fingerprint density at radius 1 is 0.788 bits per heavy atom. The number of ether oxygens (including phenoxy) is 2. The van der Waals surface area contributed by atoms with E-state index in [1.807, 2.05) is 12.1 Å². The van der Waals surface area contributed by atoms with Crippen LogP contribution < -0.4 is 9.47 Å². The van der Waals surface area contributed by atoms with Crippen molar-refractivity contribution >= 4 is 0 Å². The highest BCUT2D eigenvalue weighted by Crippen LogP contribution is 2.49. The maximum Gasteiger partial charge on any atom is 0.420 e. The minimum Gasteiger partial charge on any atom is -0.496 e. The van der Waals surface area contributed by atoms with Crippen molar-refractivity contribution in [2.45, 2.75) is 70.3 Å². The molecule has 182 valence electrons. The molecule has 2 aromatic rings.